The summed E-state index contributed by atoms with van der Waals surface area (Å²) in [5.74, 6) is -0.683. The number of likely N-dealkylation sites (tertiary alicyclic amines) is 2. The molecule has 154 valence electrons. The number of primary amides is 1. The third kappa shape index (κ3) is 6.48. The average molecular weight is 382 g/mol. The molecule has 27 heavy (non-hydrogen) atoms. The highest BCUT2D eigenvalue weighted by Crippen LogP contribution is 2.32. The number of piperidine rings is 1. The van der Waals surface area contributed by atoms with Crippen LogP contribution in [0.1, 0.15) is 59.3 Å². The molecule has 3 N–H and O–H groups in total. The lowest BCUT2D eigenvalue weighted by Gasteiger charge is -2.40. The number of rotatable bonds is 7. The number of carbonyl (C=O) groups excluding carboxylic acids is 2. The lowest BCUT2D eigenvalue weighted by atomic mass is 9.80. The minimum absolute atomic E-state index is 0.0608. The maximum Gasteiger partial charge on any atom is 0.303 e. The van der Waals surface area contributed by atoms with Crippen molar-refractivity contribution in [2.24, 2.45) is 23.0 Å². The SMILES string of the molecule is CC(C)(C)CC(=O)N1CCC(CC(=O)O)C(CCN2CCCC2C(N)=O)C1. The van der Waals surface area contributed by atoms with E-state index in [1.54, 1.807) is 0 Å². The molecule has 2 amide bonds. The molecule has 0 aromatic carbocycles. The van der Waals surface area contributed by atoms with Crippen molar-refractivity contribution in [3.63, 3.8) is 0 Å². The topological polar surface area (TPSA) is 104 Å². The molecule has 2 aliphatic heterocycles. The van der Waals surface area contributed by atoms with Gasteiger partial charge in [0.2, 0.25) is 11.8 Å². The number of carboxylic acid groups (broad SMARTS) is 1. The fraction of sp³-hybridized carbons (Fsp3) is 0.850. The van der Waals surface area contributed by atoms with Crippen molar-refractivity contribution in [3.05, 3.63) is 0 Å². The van der Waals surface area contributed by atoms with Crippen LogP contribution in [0.2, 0.25) is 0 Å². The second-order valence-corrected chi connectivity index (χ2v) is 9.37. The second kappa shape index (κ2) is 9.04. The Kier molecular flexibility index (Phi) is 7.25. The minimum Gasteiger partial charge on any atom is -0.481 e. The van der Waals surface area contributed by atoms with Crippen LogP contribution in [0.4, 0.5) is 0 Å². The summed E-state index contributed by atoms with van der Waals surface area (Å²) < 4.78 is 0. The third-order valence-corrected chi connectivity index (χ3v) is 5.84. The van der Waals surface area contributed by atoms with Crippen LogP contribution in [0.25, 0.3) is 0 Å². The van der Waals surface area contributed by atoms with Gasteiger partial charge in [-0.3, -0.25) is 19.3 Å². The zero-order chi connectivity index (χ0) is 20.2. The lowest BCUT2D eigenvalue weighted by molar-refractivity contribution is -0.140. The van der Waals surface area contributed by atoms with Gasteiger partial charge in [0.25, 0.3) is 0 Å². The Bertz CT molecular complexity index is 558. The molecule has 0 saturated carbocycles. The third-order valence-electron chi connectivity index (χ3n) is 5.84. The minimum atomic E-state index is -0.782. The van der Waals surface area contributed by atoms with Gasteiger partial charge in [-0.1, -0.05) is 20.8 Å². The number of nitrogens with two attached hydrogens (primary N) is 1. The molecule has 2 fully saturated rings. The monoisotopic (exact) mass is 381 g/mol. The van der Waals surface area contributed by atoms with Gasteiger partial charge in [-0.05, 0) is 56.0 Å². The zero-order valence-corrected chi connectivity index (χ0v) is 16.9. The summed E-state index contributed by atoms with van der Waals surface area (Å²) >= 11 is 0. The standard InChI is InChI=1S/C20H35N3O4/c1-20(2,3)12-17(24)23-10-6-14(11-18(25)26)15(13-23)7-9-22-8-4-5-16(22)19(21)27/h14-16H,4-13H2,1-3H3,(H2,21,27)(H,25,26). The van der Waals surface area contributed by atoms with Crippen molar-refractivity contribution in [1.82, 2.24) is 9.80 Å². The number of carboxylic acids is 1. The Hall–Kier alpha value is -1.63. The first-order chi connectivity index (χ1) is 12.6. The van der Waals surface area contributed by atoms with E-state index >= 15 is 0 Å². The molecule has 0 aromatic heterocycles. The van der Waals surface area contributed by atoms with Crippen molar-refractivity contribution in [1.29, 1.82) is 0 Å². The number of nitrogens with zero attached hydrogens (tertiary/aromatic N) is 2. The van der Waals surface area contributed by atoms with E-state index in [4.69, 9.17) is 5.73 Å². The van der Waals surface area contributed by atoms with Crippen LogP contribution in [0, 0.1) is 17.3 Å². The molecular weight excluding hydrogens is 346 g/mol. The summed E-state index contributed by atoms with van der Waals surface area (Å²) in [5, 5.41) is 9.25. The number of aliphatic carboxylic acids is 1. The highest BCUT2D eigenvalue weighted by atomic mass is 16.4. The number of carbonyl (C=O) groups is 3. The van der Waals surface area contributed by atoms with Gasteiger partial charge >= 0.3 is 5.97 Å². The summed E-state index contributed by atoms with van der Waals surface area (Å²) in [6.45, 7) is 9.00. The van der Waals surface area contributed by atoms with Gasteiger partial charge in [0.1, 0.15) is 0 Å². The fourth-order valence-corrected chi connectivity index (χ4v) is 4.44. The Labute approximate surface area is 162 Å². The Balaban J connectivity index is 1.99. The van der Waals surface area contributed by atoms with Crippen LogP contribution in [0.5, 0.6) is 0 Å². The number of amides is 2. The lowest BCUT2D eigenvalue weighted by Crippen LogP contribution is -2.47. The first-order valence-electron chi connectivity index (χ1n) is 10.1. The normalized spacial score (nSPS) is 26.9. The molecule has 2 heterocycles. The Morgan fingerprint density at radius 2 is 1.81 bits per heavy atom. The van der Waals surface area contributed by atoms with Crippen molar-refractivity contribution in [2.75, 3.05) is 26.2 Å². The first kappa shape index (κ1) is 21.7. The molecule has 2 aliphatic rings. The van der Waals surface area contributed by atoms with Gasteiger partial charge in [-0.25, -0.2) is 0 Å². The second-order valence-electron chi connectivity index (χ2n) is 9.37. The highest BCUT2D eigenvalue weighted by molar-refractivity contribution is 5.80. The summed E-state index contributed by atoms with van der Waals surface area (Å²) in [6, 6.07) is -0.204. The van der Waals surface area contributed by atoms with Crippen molar-refractivity contribution < 1.29 is 19.5 Å². The zero-order valence-electron chi connectivity index (χ0n) is 16.9. The average Bonchev–Trinajstić information content (AvgIpc) is 3.00. The molecule has 3 unspecified atom stereocenters. The molecule has 7 heteroatoms. The molecule has 2 rings (SSSR count). The Morgan fingerprint density at radius 3 is 2.41 bits per heavy atom. The number of hydrogen-bond acceptors (Lipinski definition) is 4. The van der Waals surface area contributed by atoms with Crippen LogP contribution in [0.15, 0.2) is 0 Å². The quantitative estimate of drug-likeness (QED) is 0.698. The van der Waals surface area contributed by atoms with E-state index in [0.29, 0.717) is 19.5 Å². The van der Waals surface area contributed by atoms with E-state index < -0.39 is 5.97 Å². The van der Waals surface area contributed by atoms with Crippen molar-refractivity contribution in [3.8, 4) is 0 Å². The predicted octanol–water partition coefficient (Wildman–Crippen LogP) is 1.70. The van der Waals surface area contributed by atoms with E-state index in [1.165, 1.54) is 0 Å². The summed E-state index contributed by atoms with van der Waals surface area (Å²) in [6.07, 6.45) is 3.93. The van der Waals surface area contributed by atoms with Crippen LogP contribution in [-0.2, 0) is 14.4 Å². The summed E-state index contributed by atoms with van der Waals surface area (Å²) in [7, 11) is 0. The van der Waals surface area contributed by atoms with E-state index in [2.05, 4.69) is 25.7 Å². The largest absolute Gasteiger partial charge is 0.481 e. The van der Waals surface area contributed by atoms with Crippen molar-refractivity contribution in [2.45, 2.75) is 65.3 Å². The molecule has 7 nitrogen and oxygen atoms in total. The molecule has 0 aromatic rings. The van der Waals surface area contributed by atoms with Gasteiger partial charge in [0.05, 0.1) is 6.04 Å². The molecule has 0 radical (unpaired) electrons. The van der Waals surface area contributed by atoms with Gasteiger partial charge in [0.15, 0.2) is 0 Å². The highest BCUT2D eigenvalue weighted by Gasteiger charge is 2.35. The van der Waals surface area contributed by atoms with E-state index in [1.807, 2.05) is 4.90 Å². The Morgan fingerprint density at radius 1 is 1.11 bits per heavy atom. The predicted molar refractivity (Wildman–Crippen MR) is 103 cm³/mol. The van der Waals surface area contributed by atoms with E-state index in [0.717, 1.165) is 38.8 Å². The van der Waals surface area contributed by atoms with Gasteiger partial charge in [0, 0.05) is 25.9 Å². The summed E-state index contributed by atoms with van der Waals surface area (Å²) in [4.78, 5) is 39.5. The van der Waals surface area contributed by atoms with Gasteiger partial charge in [-0.2, -0.15) is 0 Å². The summed E-state index contributed by atoms with van der Waals surface area (Å²) in [5.41, 5.74) is 5.44. The van der Waals surface area contributed by atoms with E-state index in [9.17, 15) is 19.5 Å². The van der Waals surface area contributed by atoms with Gasteiger partial charge in [-0.15, -0.1) is 0 Å². The fourth-order valence-electron chi connectivity index (χ4n) is 4.44. The molecular formula is C20H35N3O4. The smallest absolute Gasteiger partial charge is 0.303 e. The molecule has 0 spiro atoms. The van der Waals surface area contributed by atoms with Gasteiger partial charge < -0.3 is 15.7 Å². The first-order valence-corrected chi connectivity index (χ1v) is 10.1. The van der Waals surface area contributed by atoms with Crippen LogP contribution in [0.3, 0.4) is 0 Å². The molecule has 2 saturated heterocycles. The molecule has 0 aliphatic carbocycles. The molecule has 3 atom stereocenters. The maximum absolute atomic E-state index is 12.6. The van der Waals surface area contributed by atoms with Crippen LogP contribution in [-0.4, -0.2) is 64.9 Å². The van der Waals surface area contributed by atoms with Crippen LogP contribution >= 0.6 is 0 Å². The van der Waals surface area contributed by atoms with Crippen molar-refractivity contribution >= 4 is 17.8 Å². The number of hydrogen-bond donors (Lipinski definition) is 2. The van der Waals surface area contributed by atoms with Crippen LogP contribution < -0.4 is 5.73 Å². The van der Waals surface area contributed by atoms with E-state index in [-0.39, 0.29) is 41.5 Å². The molecule has 0 bridgehead atoms. The maximum atomic E-state index is 12.6.